The molecule has 0 spiro atoms. The third kappa shape index (κ3) is 2.95. The Kier molecular flexibility index (Phi) is 4.20. The lowest BCUT2D eigenvalue weighted by molar-refractivity contribution is 0.106. The Balaban J connectivity index is 1.88. The lowest BCUT2D eigenvalue weighted by Crippen LogP contribution is -2.37. The number of Topliss-reactive ketones (excluding diaryl/α,β-unsaturated/α-hetero) is 1. The van der Waals surface area contributed by atoms with E-state index >= 15 is 0 Å². The van der Waals surface area contributed by atoms with Gasteiger partial charge in [-0.15, -0.1) is 0 Å². The Morgan fingerprint density at radius 3 is 2.71 bits per heavy atom. The minimum absolute atomic E-state index is 0.0198. The van der Waals surface area contributed by atoms with Crippen molar-refractivity contribution in [2.45, 2.75) is 11.0 Å². The Labute approximate surface area is 142 Å². The molecule has 11 heteroatoms. The van der Waals surface area contributed by atoms with Gasteiger partial charge in [0, 0.05) is 5.56 Å². The number of hydrazone groups is 1. The number of carbonyl (C=O) groups excluding carboxylic acids is 1. The molecule has 4 N–H and O–H groups in total. The van der Waals surface area contributed by atoms with Crippen molar-refractivity contribution in [3.8, 4) is 0 Å². The van der Waals surface area contributed by atoms with E-state index in [-0.39, 0.29) is 22.9 Å². The zero-order chi connectivity index (χ0) is 17.3. The second-order valence-electron chi connectivity index (χ2n) is 5.17. The van der Waals surface area contributed by atoms with Crippen LogP contribution in [0.3, 0.4) is 0 Å². The lowest BCUT2D eigenvalue weighted by Gasteiger charge is -2.12. The van der Waals surface area contributed by atoms with Crippen molar-refractivity contribution in [1.82, 2.24) is 20.3 Å². The van der Waals surface area contributed by atoms with E-state index in [9.17, 15) is 13.2 Å². The van der Waals surface area contributed by atoms with Crippen LogP contribution in [0.2, 0.25) is 0 Å². The van der Waals surface area contributed by atoms with E-state index in [4.69, 9.17) is 18.1 Å². The Bertz CT molecular complexity index is 961. The number of nitrogens with zero attached hydrogens (tertiary/aromatic N) is 3. The van der Waals surface area contributed by atoms with Crippen LogP contribution < -0.4 is 11.3 Å². The molecule has 2 heterocycles. The standard InChI is InChI=1S/C13H14N6O3S2/c14-19-10(16-18-13(19)23)7-24(21,22)9-6-15-17-11(9)12(20)8-4-2-1-3-5-8/h1-5,9,15H,6-7,14H2,(H,18,23). The number of nitrogens with one attached hydrogen (secondary N) is 2. The molecule has 1 unspecified atom stereocenters. The van der Waals surface area contributed by atoms with Crippen molar-refractivity contribution in [1.29, 1.82) is 0 Å². The van der Waals surface area contributed by atoms with Crippen LogP contribution in [-0.4, -0.2) is 46.6 Å². The highest BCUT2D eigenvalue weighted by molar-refractivity contribution is 7.92. The molecule has 0 aliphatic carbocycles. The van der Waals surface area contributed by atoms with Crippen LogP contribution in [0, 0.1) is 4.77 Å². The molecule has 0 radical (unpaired) electrons. The Morgan fingerprint density at radius 1 is 1.38 bits per heavy atom. The molecule has 9 nitrogen and oxygen atoms in total. The zero-order valence-corrected chi connectivity index (χ0v) is 14.0. The highest BCUT2D eigenvalue weighted by Crippen LogP contribution is 2.16. The smallest absolute Gasteiger partial charge is 0.214 e. The van der Waals surface area contributed by atoms with Gasteiger partial charge in [-0.2, -0.15) is 10.2 Å². The maximum absolute atomic E-state index is 12.7. The van der Waals surface area contributed by atoms with E-state index in [1.165, 1.54) is 0 Å². The summed E-state index contributed by atoms with van der Waals surface area (Å²) in [6, 6.07) is 8.39. The van der Waals surface area contributed by atoms with Gasteiger partial charge in [0.25, 0.3) is 0 Å². The maximum atomic E-state index is 12.7. The molecule has 1 aromatic carbocycles. The third-order valence-electron chi connectivity index (χ3n) is 3.59. The van der Waals surface area contributed by atoms with E-state index in [1.54, 1.807) is 30.3 Å². The molecule has 0 amide bonds. The fourth-order valence-electron chi connectivity index (χ4n) is 2.33. The highest BCUT2D eigenvalue weighted by atomic mass is 32.2. The summed E-state index contributed by atoms with van der Waals surface area (Å²) in [5.74, 6) is 4.82. The van der Waals surface area contributed by atoms with Crippen LogP contribution >= 0.6 is 12.2 Å². The third-order valence-corrected chi connectivity index (χ3v) is 5.80. The molecule has 24 heavy (non-hydrogen) atoms. The minimum Gasteiger partial charge on any atom is -0.335 e. The maximum Gasteiger partial charge on any atom is 0.214 e. The summed E-state index contributed by atoms with van der Waals surface area (Å²) < 4.78 is 26.5. The van der Waals surface area contributed by atoms with Crippen molar-refractivity contribution in [3.63, 3.8) is 0 Å². The molecule has 2 aromatic rings. The normalized spacial score (nSPS) is 17.3. The molecule has 0 fully saturated rings. The average Bonchev–Trinajstić information content (AvgIpc) is 3.18. The first kappa shape index (κ1) is 16.3. The van der Waals surface area contributed by atoms with Crippen LogP contribution in [0.1, 0.15) is 16.2 Å². The molecule has 3 rings (SSSR count). The predicted octanol–water partition coefficient (Wildman–Crippen LogP) is -0.220. The number of nitrogen functional groups attached to an aromatic ring is 1. The summed E-state index contributed by atoms with van der Waals surface area (Å²) in [7, 11) is -3.77. The van der Waals surface area contributed by atoms with Crippen LogP contribution in [0.4, 0.5) is 0 Å². The highest BCUT2D eigenvalue weighted by Gasteiger charge is 2.38. The lowest BCUT2D eigenvalue weighted by atomic mass is 10.1. The number of hydrogen-bond donors (Lipinski definition) is 3. The first-order chi connectivity index (χ1) is 11.4. The summed E-state index contributed by atoms with van der Waals surface area (Å²) >= 11 is 4.86. The first-order valence-electron chi connectivity index (χ1n) is 6.93. The van der Waals surface area contributed by atoms with Crippen molar-refractivity contribution >= 4 is 33.6 Å². The van der Waals surface area contributed by atoms with Crippen LogP contribution in [0.15, 0.2) is 35.4 Å². The number of nitrogens with two attached hydrogens (primary N) is 1. The second kappa shape index (κ2) is 6.17. The molecule has 1 atom stereocenters. The number of hydrogen-bond acceptors (Lipinski definition) is 8. The number of aromatic nitrogens is 3. The minimum atomic E-state index is -3.77. The largest absolute Gasteiger partial charge is 0.335 e. The summed E-state index contributed by atoms with van der Waals surface area (Å²) in [6.07, 6.45) is 0. The van der Waals surface area contributed by atoms with Gasteiger partial charge < -0.3 is 11.3 Å². The SMILES string of the molecule is Nn1c(CS(=O)(=O)C2CNN=C2C(=O)c2ccccc2)n[nH]c1=S. The Hall–Kier alpha value is -2.53. The molecule has 126 valence electrons. The fraction of sp³-hybridized carbons (Fsp3) is 0.231. The summed E-state index contributed by atoms with van der Waals surface area (Å²) in [5, 5.41) is 9.03. The topological polar surface area (TPSA) is 135 Å². The molecule has 0 saturated heterocycles. The van der Waals surface area contributed by atoms with Crippen molar-refractivity contribution in [2.75, 3.05) is 12.4 Å². The molecule has 0 bridgehead atoms. The number of sulfone groups is 1. The van der Waals surface area contributed by atoms with Gasteiger partial charge in [0.1, 0.15) is 16.7 Å². The van der Waals surface area contributed by atoms with E-state index in [0.717, 1.165) is 4.68 Å². The van der Waals surface area contributed by atoms with Gasteiger partial charge in [-0.1, -0.05) is 30.3 Å². The van der Waals surface area contributed by atoms with E-state index < -0.39 is 26.6 Å². The molecule has 1 aromatic heterocycles. The van der Waals surface area contributed by atoms with Gasteiger partial charge in [-0.3, -0.25) is 9.89 Å². The number of H-pyrrole nitrogens is 1. The van der Waals surface area contributed by atoms with Gasteiger partial charge in [0.05, 0.1) is 6.54 Å². The second-order valence-corrected chi connectivity index (χ2v) is 7.74. The van der Waals surface area contributed by atoms with Gasteiger partial charge in [0.15, 0.2) is 15.7 Å². The van der Waals surface area contributed by atoms with Gasteiger partial charge >= 0.3 is 0 Å². The van der Waals surface area contributed by atoms with Gasteiger partial charge in [0.2, 0.25) is 10.6 Å². The number of carbonyl (C=O) groups is 1. The average molecular weight is 366 g/mol. The zero-order valence-electron chi connectivity index (χ0n) is 12.3. The fourth-order valence-corrected chi connectivity index (χ4v) is 4.08. The molecule has 1 aliphatic heterocycles. The molecular weight excluding hydrogens is 352 g/mol. The molecule has 1 aliphatic rings. The summed E-state index contributed by atoms with van der Waals surface area (Å²) in [4.78, 5) is 12.5. The first-order valence-corrected chi connectivity index (χ1v) is 9.05. The van der Waals surface area contributed by atoms with Crippen molar-refractivity contribution in [3.05, 3.63) is 46.5 Å². The van der Waals surface area contributed by atoms with Gasteiger partial charge in [-0.25, -0.2) is 13.1 Å². The monoisotopic (exact) mass is 366 g/mol. The number of ketones is 1. The number of rotatable bonds is 5. The van der Waals surface area contributed by atoms with E-state index in [2.05, 4.69) is 20.7 Å². The van der Waals surface area contributed by atoms with Crippen molar-refractivity contribution in [2.24, 2.45) is 5.10 Å². The number of benzene rings is 1. The summed E-state index contributed by atoms with van der Waals surface area (Å²) in [5.41, 5.74) is 2.92. The van der Waals surface area contributed by atoms with Crippen molar-refractivity contribution < 1.29 is 13.2 Å². The quantitative estimate of drug-likeness (QED) is 0.378. The number of aromatic amines is 1. The van der Waals surface area contributed by atoms with Crippen LogP contribution in [0.5, 0.6) is 0 Å². The predicted molar refractivity (Wildman–Crippen MR) is 90.2 cm³/mol. The van der Waals surface area contributed by atoms with Crippen LogP contribution in [0.25, 0.3) is 0 Å². The molecular formula is C13H14N6O3S2. The molecule has 0 saturated carbocycles. The summed E-state index contributed by atoms with van der Waals surface area (Å²) in [6.45, 7) is 0.0198. The van der Waals surface area contributed by atoms with Gasteiger partial charge in [-0.05, 0) is 12.2 Å². The van der Waals surface area contributed by atoms with E-state index in [0.29, 0.717) is 5.56 Å². The van der Waals surface area contributed by atoms with Crippen LogP contribution in [-0.2, 0) is 15.6 Å². The Morgan fingerprint density at radius 2 is 2.08 bits per heavy atom. The van der Waals surface area contributed by atoms with E-state index in [1.807, 2.05) is 0 Å².